The largest absolute Gasteiger partial charge is 0.493 e. The molecule has 1 aliphatic rings. The number of carbonyl (C=O) groups is 5. The molecule has 19 heteroatoms. The Balaban J connectivity index is 0.000000182. The van der Waals surface area contributed by atoms with Gasteiger partial charge in [0.2, 0.25) is 15.7 Å². The Morgan fingerprint density at radius 2 is 0.962 bits per heavy atom. The van der Waals surface area contributed by atoms with Gasteiger partial charge in [0.15, 0.2) is 0 Å². The molecule has 18 nitrogen and oxygen atoms in total. The number of ether oxygens (including phenoxy) is 2. The summed E-state index contributed by atoms with van der Waals surface area (Å²) in [6.45, 7) is 14.7. The molecular formula is C85H93N3O15S. The lowest BCUT2D eigenvalue weighted by molar-refractivity contribution is -0.141. The van der Waals surface area contributed by atoms with Crippen molar-refractivity contribution in [3.63, 3.8) is 0 Å². The van der Waals surface area contributed by atoms with Crippen molar-refractivity contribution in [3.05, 3.63) is 258 Å². The molecule has 10 aromatic rings. The second-order valence-electron chi connectivity index (χ2n) is 26.6. The van der Waals surface area contributed by atoms with Gasteiger partial charge in [-0.05, 0) is 212 Å². The fraction of sp³-hybridized carbons (Fsp3) is 0.306. The van der Waals surface area contributed by atoms with Gasteiger partial charge >= 0.3 is 17.9 Å². The Bertz CT molecular complexity index is 4490. The average Bonchev–Trinajstić information content (AvgIpc) is 1.49. The third kappa shape index (κ3) is 21.7. The Kier molecular flexibility index (Phi) is 28.2. The summed E-state index contributed by atoms with van der Waals surface area (Å²) < 4.78 is 56.2. The van der Waals surface area contributed by atoms with Gasteiger partial charge in [-0.3, -0.25) is 28.9 Å². The van der Waals surface area contributed by atoms with Crippen LogP contribution in [-0.4, -0.2) is 94.6 Å². The van der Waals surface area contributed by atoms with Gasteiger partial charge in [0.25, 0.3) is 5.91 Å². The molecular weight excluding hydrogens is 1340 g/mol. The molecule has 0 saturated carbocycles. The van der Waals surface area contributed by atoms with Crippen molar-refractivity contribution >= 4 is 45.2 Å². The van der Waals surface area contributed by atoms with Crippen LogP contribution in [0.2, 0.25) is 0 Å². The first-order chi connectivity index (χ1) is 50.1. The molecule has 544 valence electrons. The van der Waals surface area contributed by atoms with E-state index in [0.717, 1.165) is 93.2 Å². The van der Waals surface area contributed by atoms with Crippen LogP contribution in [-0.2, 0) is 67.9 Å². The van der Waals surface area contributed by atoms with E-state index in [4.69, 9.17) is 32.9 Å². The topological polar surface area (TPSA) is 248 Å². The number of benzene rings is 7. The van der Waals surface area contributed by atoms with Crippen LogP contribution in [0.25, 0.3) is 34.0 Å². The van der Waals surface area contributed by atoms with Crippen LogP contribution in [0.1, 0.15) is 137 Å². The molecule has 0 spiro atoms. The molecule has 0 radical (unpaired) electrons. The van der Waals surface area contributed by atoms with Gasteiger partial charge in [-0.2, -0.15) is 0 Å². The molecule has 3 aromatic heterocycles. The summed E-state index contributed by atoms with van der Waals surface area (Å²) in [6.07, 6.45) is 10.5. The lowest BCUT2D eigenvalue weighted by atomic mass is 10.1. The summed E-state index contributed by atoms with van der Waals surface area (Å²) in [5.41, 5.74) is 9.47. The van der Waals surface area contributed by atoms with E-state index in [1.54, 1.807) is 60.1 Å². The molecule has 7 aromatic carbocycles. The van der Waals surface area contributed by atoms with Gasteiger partial charge < -0.3 is 47.8 Å². The number of carbonyl (C=O) groups excluding carboxylic acids is 2. The van der Waals surface area contributed by atoms with Crippen molar-refractivity contribution in [2.24, 2.45) is 5.92 Å². The normalized spacial score (nSPS) is 12.5. The summed E-state index contributed by atoms with van der Waals surface area (Å²) in [5.74, 6) is 0.544. The highest BCUT2D eigenvalue weighted by atomic mass is 32.2. The number of sulfone groups is 1. The van der Waals surface area contributed by atoms with E-state index in [2.05, 4.69) is 30.9 Å². The molecule has 0 unspecified atom stereocenters. The van der Waals surface area contributed by atoms with E-state index < -0.39 is 33.7 Å². The predicted molar refractivity (Wildman–Crippen MR) is 401 cm³/mol. The van der Waals surface area contributed by atoms with Gasteiger partial charge in [-0.15, -0.1) is 0 Å². The van der Waals surface area contributed by atoms with Crippen molar-refractivity contribution in [1.29, 1.82) is 0 Å². The Labute approximate surface area is 609 Å². The van der Waals surface area contributed by atoms with Gasteiger partial charge in [0, 0.05) is 78.5 Å². The second-order valence-corrected chi connectivity index (χ2v) is 28.5. The van der Waals surface area contributed by atoms with Crippen LogP contribution >= 0.6 is 0 Å². The first-order valence-corrected chi connectivity index (χ1v) is 36.9. The van der Waals surface area contributed by atoms with Crippen molar-refractivity contribution in [2.45, 2.75) is 160 Å². The third-order valence-corrected chi connectivity index (χ3v) is 20.0. The van der Waals surface area contributed by atoms with E-state index in [1.165, 1.54) is 0 Å². The number of amides is 2. The SMILES string of the molecule is CC(C)N(C(=O)Cc1ccccc1OCCCCCC(=O)O)c1ccc(-c2ccco2)cc1.CC(C)N(Cc1ccc(-c2ccco2)cc1)C(=O)c1ccccc1OCCCCCC(=O)O.CC(C)N(Cc1ccc(-c2ccco2)cc1)Cc1ccccc1S(=O)(=O)c1cccc2c1C[C@@H](C(=O)O)C2. The van der Waals surface area contributed by atoms with E-state index in [9.17, 15) is 37.5 Å². The fourth-order valence-electron chi connectivity index (χ4n) is 12.5. The van der Waals surface area contributed by atoms with Crippen molar-refractivity contribution in [1.82, 2.24) is 9.80 Å². The van der Waals surface area contributed by atoms with E-state index >= 15 is 0 Å². The number of hydrogen-bond donors (Lipinski definition) is 3. The minimum absolute atomic E-state index is 0.00530. The zero-order chi connectivity index (χ0) is 74.1. The average molecular weight is 1430 g/mol. The molecule has 2 amide bonds. The van der Waals surface area contributed by atoms with Gasteiger partial charge in [0.1, 0.15) is 28.8 Å². The molecule has 0 aliphatic heterocycles. The standard InChI is InChI=1S/C31H31NO5S.2C27H31NO5/c1-21(2)32(19-22-12-14-23(15-13-22)28-9-6-16-37-28)20-25-7-3-4-10-29(25)38(35,36)30-11-5-8-24-17-26(31(33)34)18-27(24)30;1-20(2)28(23-15-13-21(14-16-23)24-11-8-18-33-24)26(29)19-22-9-5-6-10-25(22)32-17-7-3-4-12-27(30)31;1-20(2)28(19-21-13-15-22(16-14-21)24-11-8-18-32-24)27(31)23-9-5-6-10-25(23)33-17-7-3-4-12-26(29)30/h3-16,21,26H,17-20H2,1-2H3,(H,33,34);5-6,8-11,13-16,18,20H,3-4,7,12,17,19H2,1-2H3,(H,30,31);5-6,8-11,13-16,18,20H,3-4,7,12,17,19H2,1-2H3,(H,29,30)/t26-;;/m0../s1. The van der Waals surface area contributed by atoms with Crippen molar-refractivity contribution < 1.29 is 70.4 Å². The number of aliphatic carboxylic acids is 3. The molecule has 1 aliphatic carbocycles. The maximum Gasteiger partial charge on any atom is 0.307 e. The van der Waals surface area contributed by atoms with Crippen molar-refractivity contribution in [3.8, 4) is 45.5 Å². The highest BCUT2D eigenvalue weighted by molar-refractivity contribution is 7.91. The quantitative estimate of drug-likeness (QED) is 0.0324. The van der Waals surface area contributed by atoms with Gasteiger partial charge in [-0.1, -0.05) is 109 Å². The Hall–Kier alpha value is -10.8. The van der Waals surface area contributed by atoms with Crippen LogP contribution in [0.4, 0.5) is 5.69 Å². The van der Waals surface area contributed by atoms with Gasteiger partial charge in [0.05, 0.1) is 59.7 Å². The minimum atomic E-state index is -3.85. The van der Waals surface area contributed by atoms with E-state index in [-0.39, 0.29) is 65.4 Å². The number of para-hydroxylation sites is 2. The number of carboxylic acid groups (broad SMARTS) is 3. The molecule has 1 atom stereocenters. The number of fused-ring (bicyclic) bond motifs is 1. The second kappa shape index (κ2) is 38.0. The monoisotopic (exact) mass is 1430 g/mol. The predicted octanol–water partition coefficient (Wildman–Crippen LogP) is 18.0. The Morgan fingerprint density at radius 3 is 1.47 bits per heavy atom. The smallest absolute Gasteiger partial charge is 0.307 e. The molecule has 3 N–H and O–H groups in total. The molecule has 0 bridgehead atoms. The molecule has 11 rings (SSSR count). The number of anilines is 1. The molecule has 3 heterocycles. The zero-order valence-electron chi connectivity index (χ0n) is 59.9. The first kappa shape index (κ1) is 77.4. The first-order valence-electron chi connectivity index (χ1n) is 35.4. The lowest BCUT2D eigenvalue weighted by Gasteiger charge is -2.28. The van der Waals surface area contributed by atoms with Crippen LogP contribution in [0.3, 0.4) is 0 Å². The zero-order valence-corrected chi connectivity index (χ0v) is 60.7. The van der Waals surface area contributed by atoms with Gasteiger partial charge in [-0.25, -0.2) is 8.42 Å². The number of unbranched alkanes of at least 4 members (excludes halogenated alkanes) is 4. The van der Waals surface area contributed by atoms with Crippen molar-refractivity contribution in [2.75, 3.05) is 18.1 Å². The number of carboxylic acids is 3. The summed E-state index contributed by atoms with van der Waals surface area (Å²) in [4.78, 5) is 65.9. The number of rotatable bonds is 33. The third-order valence-electron chi connectivity index (χ3n) is 18.0. The maximum absolute atomic E-state index is 14.0. The fourth-order valence-corrected chi connectivity index (χ4v) is 14.2. The number of furan rings is 3. The van der Waals surface area contributed by atoms with Crippen LogP contribution in [0.5, 0.6) is 11.5 Å². The maximum atomic E-state index is 14.0. The molecule has 0 saturated heterocycles. The van der Waals surface area contributed by atoms with Crippen LogP contribution in [0, 0.1) is 5.92 Å². The Morgan fingerprint density at radius 1 is 0.471 bits per heavy atom. The number of hydrogen-bond acceptors (Lipinski definition) is 13. The number of nitrogens with zero attached hydrogens (tertiary/aromatic N) is 3. The van der Waals surface area contributed by atoms with Crippen LogP contribution in [0.15, 0.2) is 242 Å². The summed E-state index contributed by atoms with van der Waals surface area (Å²) in [5, 5.41) is 27.0. The van der Waals surface area contributed by atoms with E-state index in [0.29, 0.717) is 74.7 Å². The minimum Gasteiger partial charge on any atom is -0.493 e. The van der Waals surface area contributed by atoms with E-state index in [1.807, 2.05) is 184 Å². The van der Waals surface area contributed by atoms with Crippen LogP contribution < -0.4 is 14.4 Å². The summed E-state index contributed by atoms with van der Waals surface area (Å²) in [6, 6.07) is 62.7. The molecule has 104 heavy (non-hydrogen) atoms. The summed E-state index contributed by atoms with van der Waals surface area (Å²) in [7, 11) is -3.85. The highest BCUT2D eigenvalue weighted by Crippen LogP contribution is 2.37. The highest BCUT2D eigenvalue weighted by Gasteiger charge is 2.34. The summed E-state index contributed by atoms with van der Waals surface area (Å²) >= 11 is 0. The lowest BCUT2D eigenvalue weighted by Crippen LogP contribution is -2.38. The molecule has 0 fully saturated rings.